The summed E-state index contributed by atoms with van der Waals surface area (Å²) in [5, 5.41) is 13.1. The van der Waals surface area contributed by atoms with Gasteiger partial charge in [-0.05, 0) is 5.56 Å². The molecule has 1 aromatic heterocycles. The third kappa shape index (κ3) is 3.94. The van der Waals surface area contributed by atoms with Gasteiger partial charge in [0.2, 0.25) is 0 Å². The van der Waals surface area contributed by atoms with Crippen LogP contribution in [0.25, 0.3) is 0 Å². The summed E-state index contributed by atoms with van der Waals surface area (Å²) < 4.78 is 1.55. The van der Waals surface area contributed by atoms with Crippen molar-refractivity contribution in [2.45, 2.75) is 13.5 Å². The summed E-state index contributed by atoms with van der Waals surface area (Å²) in [4.78, 5) is 25.2. The predicted octanol–water partition coefficient (Wildman–Crippen LogP) is 1.78. The van der Waals surface area contributed by atoms with Crippen molar-refractivity contribution in [3.05, 3.63) is 53.9 Å². The molecule has 0 saturated heterocycles. The lowest BCUT2D eigenvalue weighted by atomic mass is 10.1. The average molecular weight is 301 g/mol. The number of amides is 1. The van der Waals surface area contributed by atoms with E-state index >= 15 is 0 Å². The molecule has 0 aliphatic heterocycles. The number of benzene rings is 1. The normalized spacial score (nSPS) is 11.9. The van der Waals surface area contributed by atoms with Crippen LogP contribution in [0, 0.1) is 5.92 Å². The van der Waals surface area contributed by atoms with Gasteiger partial charge in [-0.3, -0.25) is 14.3 Å². The quantitative estimate of drug-likeness (QED) is 0.882. The molecule has 0 aliphatic rings. The van der Waals surface area contributed by atoms with Gasteiger partial charge in [0.1, 0.15) is 0 Å². The van der Waals surface area contributed by atoms with Crippen molar-refractivity contribution in [2.75, 3.05) is 6.54 Å². The summed E-state index contributed by atoms with van der Waals surface area (Å²) in [6.45, 7) is 2.11. The maximum absolute atomic E-state index is 12.6. The van der Waals surface area contributed by atoms with Crippen molar-refractivity contribution in [3.63, 3.8) is 0 Å². The summed E-state index contributed by atoms with van der Waals surface area (Å²) in [5.74, 6) is -1.77. The van der Waals surface area contributed by atoms with Crippen LogP contribution in [0.5, 0.6) is 0 Å². The molecule has 0 spiro atoms. The maximum atomic E-state index is 12.6. The minimum atomic E-state index is -0.919. The van der Waals surface area contributed by atoms with Gasteiger partial charge in [0, 0.05) is 26.3 Å². The van der Waals surface area contributed by atoms with E-state index in [-0.39, 0.29) is 12.5 Å². The molecule has 0 aliphatic carbocycles. The number of carboxylic acids is 1. The monoisotopic (exact) mass is 301 g/mol. The molecular weight excluding hydrogens is 282 g/mol. The van der Waals surface area contributed by atoms with Crippen LogP contribution in [0.1, 0.15) is 22.8 Å². The fourth-order valence-corrected chi connectivity index (χ4v) is 2.15. The van der Waals surface area contributed by atoms with Crippen LogP contribution >= 0.6 is 0 Å². The third-order valence-corrected chi connectivity index (χ3v) is 3.37. The van der Waals surface area contributed by atoms with E-state index in [9.17, 15) is 9.59 Å². The Morgan fingerprint density at radius 1 is 1.32 bits per heavy atom. The number of aromatic nitrogens is 2. The van der Waals surface area contributed by atoms with E-state index in [2.05, 4.69) is 5.10 Å². The van der Waals surface area contributed by atoms with Crippen LogP contribution in [-0.4, -0.2) is 38.2 Å². The van der Waals surface area contributed by atoms with E-state index < -0.39 is 11.9 Å². The molecule has 1 amide bonds. The van der Waals surface area contributed by atoms with E-state index in [0.717, 1.165) is 5.56 Å². The van der Waals surface area contributed by atoms with Crippen LogP contribution in [0.2, 0.25) is 0 Å². The van der Waals surface area contributed by atoms with Gasteiger partial charge in [0.15, 0.2) is 0 Å². The second kappa shape index (κ2) is 6.89. The van der Waals surface area contributed by atoms with Gasteiger partial charge in [0.05, 0.1) is 17.7 Å². The molecule has 0 bridgehead atoms. The first-order valence-electron chi connectivity index (χ1n) is 7.02. The molecule has 1 heterocycles. The van der Waals surface area contributed by atoms with Gasteiger partial charge in [0.25, 0.3) is 5.91 Å². The van der Waals surface area contributed by atoms with Gasteiger partial charge in [-0.2, -0.15) is 5.10 Å². The van der Waals surface area contributed by atoms with Crippen molar-refractivity contribution in [2.24, 2.45) is 13.0 Å². The van der Waals surface area contributed by atoms with E-state index in [1.807, 2.05) is 30.3 Å². The Labute approximate surface area is 129 Å². The highest BCUT2D eigenvalue weighted by molar-refractivity contribution is 5.94. The average Bonchev–Trinajstić information content (AvgIpc) is 2.93. The summed E-state index contributed by atoms with van der Waals surface area (Å²) in [6, 6.07) is 9.51. The smallest absolute Gasteiger partial charge is 0.308 e. The molecular formula is C16H19N3O3. The SMILES string of the molecule is C[C@@H](CN(Cc1ccccc1)C(=O)c1cnn(C)c1)C(=O)O. The highest BCUT2D eigenvalue weighted by Gasteiger charge is 2.22. The fourth-order valence-electron chi connectivity index (χ4n) is 2.15. The number of nitrogens with zero attached hydrogens (tertiary/aromatic N) is 3. The van der Waals surface area contributed by atoms with Gasteiger partial charge >= 0.3 is 5.97 Å². The molecule has 6 heteroatoms. The summed E-state index contributed by atoms with van der Waals surface area (Å²) >= 11 is 0. The highest BCUT2D eigenvalue weighted by Crippen LogP contribution is 2.12. The van der Waals surface area contributed by atoms with E-state index in [0.29, 0.717) is 12.1 Å². The number of carbonyl (C=O) groups excluding carboxylic acids is 1. The van der Waals surface area contributed by atoms with Crippen LogP contribution in [0.15, 0.2) is 42.7 Å². The molecule has 1 N–H and O–H groups in total. The van der Waals surface area contributed by atoms with Gasteiger partial charge in [-0.15, -0.1) is 0 Å². The van der Waals surface area contributed by atoms with Crippen molar-refractivity contribution in [1.82, 2.24) is 14.7 Å². The second-order valence-corrected chi connectivity index (χ2v) is 5.31. The van der Waals surface area contributed by atoms with Crippen molar-refractivity contribution >= 4 is 11.9 Å². The number of hydrogen-bond donors (Lipinski definition) is 1. The van der Waals surface area contributed by atoms with Crippen molar-refractivity contribution < 1.29 is 14.7 Å². The van der Waals surface area contributed by atoms with Gasteiger partial charge < -0.3 is 10.0 Å². The topological polar surface area (TPSA) is 75.4 Å². The van der Waals surface area contributed by atoms with Crippen molar-refractivity contribution in [1.29, 1.82) is 0 Å². The molecule has 22 heavy (non-hydrogen) atoms. The van der Waals surface area contributed by atoms with E-state index in [1.165, 1.54) is 6.20 Å². The minimum absolute atomic E-state index is 0.151. The molecule has 1 atom stereocenters. The van der Waals surface area contributed by atoms with E-state index in [4.69, 9.17) is 5.11 Å². The first kappa shape index (κ1) is 15.8. The molecule has 0 fully saturated rings. The number of rotatable bonds is 6. The molecule has 0 saturated carbocycles. The number of aryl methyl sites for hydroxylation is 1. The first-order chi connectivity index (χ1) is 10.5. The predicted molar refractivity (Wildman–Crippen MR) is 81.2 cm³/mol. The first-order valence-corrected chi connectivity index (χ1v) is 7.02. The number of aliphatic carboxylic acids is 1. The summed E-state index contributed by atoms with van der Waals surface area (Å²) in [7, 11) is 1.73. The van der Waals surface area contributed by atoms with E-state index in [1.54, 1.807) is 29.7 Å². The van der Waals surface area contributed by atoms with Crippen LogP contribution in [0.3, 0.4) is 0 Å². The zero-order chi connectivity index (χ0) is 16.1. The molecule has 1 aromatic carbocycles. The maximum Gasteiger partial charge on any atom is 0.308 e. The Morgan fingerprint density at radius 2 is 2.00 bits per heavy atom. The second-order valence-electron chi connectivity index (χ2n) is 5.31. The Bertz CT molecular complexity index is 652. The summed E-state index contributed by atoms with van der Waals surface area (Å²) in [5.41, 5.74) is 1.41. The lowest BCUT2D eigenvalue weighted by Gasteiger charge is -2.24. The Hall–Kier alpha value is -2.63. The fraction of sp³-hybridized carbons (Fsp3) is 0.312. The van der Waals surface area contributed by atoms with Crippen LogP contribution in [0.4, 0.5) is 0 Å². The van der Waals surface area contributed by atoms with Crippen LogP contribution < -0.4 is 0 Å². The lowest BCUT2D eigenvalue weighted by Crippen LogP contribution is -2.36. The van der Waals surface area contributed by atoms with Crippen LogP contribution in [-0.2, 0) is 18.4 Å². The summed E-state index contributed by atoms with van der Waals surface area (Å²) in [6.07, 6.45) is 3.12. The molecule has 0 unspecified atom stereocenters. The Morgan fingerprint density at radius 3 is 2.55 bits per heavy atom. The standard InChI is InChI=1S/C16H19N3O3/c1-12(16(21)22)9-19(10-13-6-4-3-5-7-13)15(20)14-8-17-18(2)11-14/h3-8,11-12H,9-10H2,1-2H3,(H,21,22)/t12-/m0/s1. The molecule has 2 aromatic rings. The molecule has 6 nitrogen and oxygen atoms in total. The van der Waals surface area contributed by atoms with Crippen molar-refractivity contribution in [3.8, 4) is 0 Å². The Kier molecular flexibility index (Phi) is 4.93. The minimum Gasteiger partial charge on any atom is -0.481 e. The highest BCUT2D eigenvalue weighted by atomic mass is 16.4. The largest absolute Gasteiger partial charge is 0.481 e. The zero-order valence-electron chi connectivity index (χ0n) is 12.6. The number of hydrogen-bond acceptors (Lipinski definition) is 3. The molecule has 0 radical (unpaired) electrons. The van der Waals surface area contributed by atoms with Gasteiger partial charge in [-0.25, -0.2) is 0 Å². The van der Waals surface area contributed by atoms with Gasteiger partial charge in [-0.1, -0.05) is 37.3 Å². The molecule has 116 valence electrons. The Balaban J connectivity index is 2.20. The number of carboxylic acid groups (broad SMARTS) is 1. The number of carbonyl (C=O) groups is 2. The molecule has 2 rings (SSSR count). The third-order valence-electron chi connectivity index (χ3n) is 3.37. The lowest BCUT2D eigenvalue weighted by molar-refractivity contribution is -0.141. The zero-order valence-corrected chi connectivity index (χ0v) is 12.6.